The summed E-state index contributed by atoms with van der Waals surface area (Å²) in [6.45, 7) is 5.99. The summed E-state index contributed by atoms with van der Waals surface area (Å²) in [6, 6.07) is 3.39. The predicted molar refractivity (Wildman–Crippen MR) is 114 cm³/mol. The van der Waals surface area contributed by atoms with Gasteiger partial charge < -0.3 is 19.9 Å². The fourth-order valence-corrected chi connectivity index (χ4v) is 4.74. The number of carbonyl (C=O) groups is 1. The van der Waals surface area contributed by atoms with Crippen LogP contribution in [0, 0.1) is 25.7 Å². The third kappa shape index (κ3) is 3.11. The number of aromatic nitrogens is 4. The first-order valence-electron chi connectivity index (χ1n) is 10.7. The van der Waals surface area contributed by atoms with Gasteiger partial charge in [-0.3, -0.25) is 4.79 Å². The number of nitrogens with one attached hydrogen (secondary N) is 2. The number of anilines is 2. The average molecular weight is 403 g/mol. The van der Waals surface area contributed by atoms with Crippen LogP contribution in [0.15, 0.2) is 30.9 Å². The van der Waals surface area contributed by atoms with Crippen molar-refractivity contribution in [1.29, 1.82) is 0 Å². The van der Waals surface area contributed by atoms with E-state index in [9.17, 15) is 4.79 Å². The summed E-state index contributed by atoms with van der Waals surface area (Å²) in [5, 5.41) is 6.67. The maximum absolute atomic E-state index is 12.6. The van der Waals surface area contributed by atoms with Crippen molar-refractivity contribution < 1.29 is 4.79 Å². The number of hydrogen-bond donors (Lipinski definition) is 2. The van der Waals surface area contributed by atoms with Gasteiger partial charge >= 0.3 is 0 Å². The van der Waals surface area contributed by atoms with Gasteiger partial charge in [-0.25, -0.2) is 15.0 Å². The number of imidazole rings is 1. The summed E-state index contributed by atoms with van der Waals surface area (Å²) in [6.07, 6.45) is 9.77. The van der Waals surface area contributed by atoms with Gasteiger partial charge in [-0.1, -0.05) is 0 Å². The molecule has 0 radical (unpaired) electrons. The molecule has 3 aliphatic rings. The smallest absolute Gasteiger partial charge is 0.275 e. The van der Waals surface area contributed by atoms with Crippen molar-refractivity contribution in [1.82, 2.24) is 24.7 Å². The average Bonchev–Trinajstić information content (AvgIpc) is 3.56. The van der Waals surface area contributed by atoms with Crippen molar-refractivity contribution >= 4 is 23.1 Å². The molecule has 0 spiro atoms. The first-order valence-corrected chi connectivity index (χ1v) is 10.7. The molecule has 3 aromatic heterocycles. The molecule has 4 heterocycles. The Morgan fingerprint density at radius 3 is 2.60 bits per heavy atom. The highest BCUT2D eigenvalue weighted by Gasteiger charge is 2.57. The van der Waals surface area contributed by atoms with Gasteiger partial charge in [0.15, 0.2) is 0 Å². The zero-order chi connectivity index (χ0) is 20.4. The lowest BCUT2D eigenvalue weighted by atomic mass is 10.2. The van der Waals surface area contributed by atoms with Crippen LogP contribution in [0.4, 0.5) is 11.5 Å². The van der Waals surface area contributed by atoms with Crippen LogP contribution >= 0.6 is 0 Å². The molecule has 2 atom stereocenters. The Labute approximate surface area is 174 Å². The lowest BCUT2D eigenvalue weighted by Gasteiger charge is -2.21. The number of rotatable bonds is 5. The molecular formula is C22H25N7O. The Balaban J connectivity index is 1.11. The minimum Gasteiger partial charge on any atom is -0.355 e. The number of fused-ring (bicyclic) bond motifs is 2. The second kappa shape index (κ2) is 6.50. The summed E-state index contributed by atoms with van der Waals surface area (Å²) in [5.74, 6) is 2.07. The van der Waals surface area contributed by atoms with Gasteiger partial charge in [0.05, 0.1) is 23.8 Å². The highest BCUT2D eigenvalue weighted by atomic mass is 16.1. The minimum atomic E-state index is -0.261. The molecular weight excluding hydrogens is 378 g/mol. The van der Waals surface area contributed by atoms with E-state index in [1.807, 2.05) is 36.7 Å². The number of piperidine rings is 1. The number of carbonyl (C=O) groups excluding carboxylic acids is 1. The normalized spacial score (nSPS) is 24.9. The number of aryl methyl sites for hydroxylation is 2. The largest absolute Gasteiger partial charge is 0.355 e. The zero-order valence-corrected chi connectivity index (χ0v) is 17.2. The van der Waals surface area contributed by atoms with E-state index >= 15 is 0 Å². The van der Waals surface area contributed by atoms with Gasteiger partial charge in [0.25, 0.3) is 5.91 Å². The molecule has 0 aromatic carbocycles. The summed E-state index contributed by atoms with van der Waals surface area (Å²) in [7, 11) is 0. The van der Waals surface area contributed by atoms with E-state index in [1.165, 1.54) is 12.8 Å². The van der Waals surface area contributed by atoms with Crippen LogP contribution < -0.4 is 15.5 Å². The number of pyridine rings is 1. The molecule has 2 aliphatic carbocycles. The SMILES string of the molecule is Cc1cn2cc(NC(=O)c3cnc(N4CC5C(C4)C5NC4CC4)cn3)cc(C)c2n1. The third-order valence-corrected chi connectivity index (χ3v) is 6.51. The van der Waals surface area contributed by atoms with E-state index in [0.29, 0.717) is 17.4 Å². The molecule has 1 saturated heterocycles. The molecule has 3 aromatic rings. The van der Waals surface area contributed by atoms with Gasteiger partial charge in [0.2, 0.25) is 0 Å². The maximum atomic E-state index is 12.6. The molecule has 3 fully saturated rings. The van der Waals surface area contributed by atoms with Gasteiger partial charge in [-0.15, -0.1) is 0 Å². The number of amides is 1. The molecule has 30 heavy (non-hydrogen) atoms. The lowest BCUT2D eigenvalue weighted by molar-refractivity contribution is 0.102. The predicted octanol–water partition coefficient (Wildman–Crippen LogP) is 2.18. The summed E-state index contributed by atoms with van der Waals surface area (Å²) in [5.41, 5.74) is 3.87. The maximum Gasteiger partial charge on any atom is 0.275 e. The lowest BCUT2D eigenvalue weighted by Crippen LogP contribution is -2.32. The van der Waals surface area contributed by atoms with Crippen molar-refractivity contribution in [3.8, 4) is 0 Å². The van der Waals surface area contributed by atoms with E-state index in [2.05, 4.69) is 30.5 Å². The van der Waals surface area contributed by atoms with Crippen LogP contribution in [0.1, 0.15) is 34.6 Å². The minimum absolute atomic E-state index is 0.261. The standard InChI is InChI=1S/C22H25N7O/c1-12-5-15(9-29-8-13(2)25-21(12)29)27-22(30)18-6-24-19(7-23-18)28-10-16-17(11-28)20(16)26-14-3-4-14/h5-9,14,16-17,20,26H,3-4,10-11H2,1-2H3,(H,27,30). The highest BCUT2D eigenvalue weighted by Crippen LogP contribution is 2.47. The van der Waals surface area contributed by atoms with Crippen molar-refractivity contribution in [2.45, 2.75) is 38.8 Å². The fraction of sp³-hybridized carbons (Fsp3) is 0.455. The van der Waals surface area contributed by atoms with E-state index in [4.69, 9.17) is 0 Å². The number of nitrogens with zero attached hydrogens (tertiary/aromatic N) is 5. The van der Waals surface area contributed by atoms with Gasteiger partial charge in [-0.2, -0.15) is 0 Å². The van der Waals surface area contributed by atoms with Crippen LogP contribution in [-0.2, 0) is 0 Å². The molecule has 2 N–H and O–H groups in total. The van der Waals surface area contributed by atoms with Gasteiger partial charge in [-0.05, 0) is 50.2 Å². The Morgan fingerprint density at radius 1 is 1.10 bits per heavy atom. The monoisotopic (exact) mass is 403 g/mol. The Morgan fingerprint density at radius 2 is 1.90 bits per heavy atom. The topological polar surface area (TPSA) is 87.5 Å². The zero-order valence-electron chi connectivity index (χ0n) is 17.2. The number of hydrogen-bond acceptors (Lipinski definition) is 6. The van der Waals surface area contributed by atoms with Crippen molar-refractivity contribution in [2.75, 3.05) is 23.3 Å². The Kier molecular flexibility index (Phi) is 3.86. The molecule has 6 rings (SSSR count). The second-order valence-corrected chi connectivity index (χ2v) is 8.94. The molecule has 8 nitrogen and oxygen atoms in total. The van der Waals surface area contributed by atoms with Crippen molar-refractivity contribution in [3.05, 3.63) is 47.8 Å². The molecule has 2 unspecified atom stereocenters. The summed E-state index contributed by atoms with van der Waals surface area (Å²) < 4.78 is 1.93. The van der Waals surface area contributed by atoms with E-state index < -0.39 is 0 Å². The van der Waals surface area contributed by atoms with Crippen molar-refractivity contribution in [3.63, 3.8) is 0 Å². The Bertz CT molecular complexity index is 1120. The summed E-state index contributed by atoms with van der Waals surface area (Å²) >= 11 is 0. The first kappa shape index (κ1) is 17.8. The molecule has 154 valence electrons. The summed E-state index contributed by atoms with van der Waals surface area (Å²) in [4.78, 5) is 28.3. The highest BCUT2D eigenvalue weighted by molar-refractivity contribution is 6.02. The third-order valence-electron chi connectivity index (χ3n) is 6.51. The van der Waals surface area contributed by atoms with Gasteiger partial charge in [0.1, 0.15) is 17.2 Å². The van der Waals surface area contributed by atoms with E-state index in [1.54, 1.807) is 12.4 Å². The van der Waals surface area contributed by atoms with Gasteiger partial charge in [0, 0.05) is 37.6 Å². The van der Waals surface area contributed by atoms with Crippen LogP contribution in [-0.4, -0.2) is 50.4 Å². The van der Waals surface area contributed by atoms with Crippen LogP contribution in [0.2, 0.25) is 0 Å². The molecule has 1 aliphatic heterocycles. The van der Waals surface area contributed by atoms with E-state index in [0.717, 1.165) is 53.7 Å². The molecule has 0 bridgehead atoms. The second-order valence-electron chi connectivity index (χ2n) is 8.94. The Hall–Kier alpha value is -3.00. The van der Waals surface area contributed by atoms with Crippen LogP contribution in [0.25, 0.3) is 5.65 Å². The van der Waals surface area contributed by atoms with Crippen LogP contribution in [0.3, 0.4) is 0 Å². The molecule has 1 amide bonds. The van der Waals surface area contributed by atoms with Crippen LogP contribution in [0.5, 0.6) is 0 Å². The first-order chi connectivity index (χ1) is 14.5. The fourth-order valence-electron chi connectivity index (χ4n) is 4.74. The molecule has 8 heteroatoms. The quantitative estimate of drug-likeness (QED) is 0.679. The molecule has 2 saturated carbocycles. The van der Waals surface area contributed by atoms with Crippen molar-refractivity contribution in [2.24, 2.45) is 11.8 Å². The van der Waals surface area contributed by atoms with E-state index in [-0.39, 0.29) is 5.91 Å².